The molecule has 1 saturated carbocycles. The predicted molar refractivity (Wildman–Crippen MR) is 59.2 cm³/mol. The van der Waals surface area contributed by atoms with Gasteiger partial charge in [-0.3, -0.25) is 4.79 Å². The van der Waals surface area contributed by atoms with Crippen molar-refractivity contribution in [2.75, 3.05) is 0 Å². The number of carbonyl (C=O) groups is 1. The highest BCUT2D eigenvalue weighted by Gasteiger charge is 2.58. The fourth-order valence-corrected chi connectivity index (χ4v) is 2.12. The molecule has 0 aromatic carbocycles. The van der Waals surface area contributed by atoms with Crippen molar-refractivity contribution in [3.8, 4) is 0 Å². The Morgan fingerprint density at radius 2 is 2.07 bits per heavy atom. The van der Waals surface area contributed by atoms with E-state index < -0.39 is 0 Å². The minimum Gasteiger partial charge on any atom is -0.302 e. The normalized spacial score (nSPS) is 30.9. The molecule has 1 N–H and O–H groups in total. The van der Waals surface area contributed by atoms with Crippen LogP contribution >= 0.6 is 0 Å². The molecule has 0 unspecified atom stereocenters. The van der Waals surface area contributed by atoms with E-state index in [0.717, 1.165) is 6.42 Å². The van der Waals surface area contributed by atoms with Crippen LogP contribution in [0.15, 0.2) is 12.7 Å². The number of hydrogen-bond donors (Lipinski definition) is 1. The SMILES string of the molecule is C=C[C@@H]1C[C@]1(NC(C)C)C(=O)C(C)C. The summed E-state index contributed by atoms with van der Waals surface area (Å²) < 4.78 is 0. The lowest BCUT2D eigenvalue weighted by molar-refractivity contribution is -0.125. The zero-order valence-corrected chi connectivity index (χ0v) is 9.63. The molecule has 2 nitrogen and oxygen atoms in total. The van der Waals surface area contributed by atoms with Gasteiger partial charge in [-0.2, -0.15) is 0 Å². The summed E-state index contributed by atoms with van der Waals surface area (Å²) in [6.07, 6.45) is 2.82. The molecule has 0 aromatic rings. The van der Waals surface area contributed by atoms with Gasteiger partial charge in [0.05, 0.1) is 5.54 Å². The second-order valence-corrected chi connectivity index (χ2v) is 4.84. The van der Waals surface area contributed by atoms with Crippen molar-refractivity contribution in [3.63, 3.8) is 0 Å². The zero-order valence-electron chi connectivity index (χ0n) is 9.63. The Bertz CT molecular complexity index is 245. The Balaban J connectivity index is 2.75. The highest BCUT2D eigenvalue weighted by atomic mass is 16.1. The minimum absolute atomic E-state index is 0.103. The fourth-order valence-electron chi connectivity index (χ4n) is 2.12. The first-order valence-electron chi connectivity index (χ1n) is 5.38. The van der Waals surface area contributed by atoms with E-state index in [0.29, 0.717) is 17.7 Å². The molecule has 0 saturated heterocycles. The van der Waals surface area contributed by atoms with Crippen molar-refractivity contribution in [1.82, 2.24) is 5.32 Å². The molecule has 0 spiro atoms. The molecular formula is C12H21NO. The van der Waals surface area contributed by atoms with Gasteiger partial charge < -0.3 is 5.32 Å². The summed E-state index contributed by atoms with van der Waals surface area (Å²) in [5.41, 5.74) is -0.288. The molecule has 0 aromatic heterocycles. The Labute approximate surface area is 86.8 Å². The number of Topliss-reactive ketones (excluding diaryl/α,β-unsaturated/α-hetero) is 1. The Morgan fingerprint density at radius 1 is 1.50 bits per heavy atom. The van der Waals surface area contributed by atoms with E-state index in [2.05, 4.69) is 25.7 Å². The van der Waals surface area contributed by atoms with Gasteiger partial charge in [-0.25, -0.2) is 0 Å². The third-order valence-corrected chi connectivity index (χ3v) is 2.81. The third-order valence-electron chi connectivity index (χ3n) is 2.81. The van der Waals surface area contributed by atoms with E-state index in [1.165, 1.54) is 0 Å². The van der Waals surface area contributed by atoms with Crippen LogP contribution in [0.4, 0.5) is 0 Å². The Hall–Kier alpha value is -0.630. The maximum atomic E-state index is 12.0. The molecule has 0 amide bonds. The van der Waals surface area contributed by atoms with Crippen LogP contribution in [-0.4, -0.2) is 17.4 Å². The highest BCUT2D eigenvalue weighted by molar-refractivity contribution is 5.94. The Morgan fingerprint density at radius 3 is 2.36 bits per heavy atom. The number of nitrogens with one attached hydrogen (secondary N) is 1. The van der Waals surface area contributed by atoms with Gasteiger partial charge in [0.1, 0.15) is 0 Å². The van der Waals surface area contributed by atoms with Gasteiger partial charge in [0.15, 0.2) is 5.78 Å². The first kappa shape index (κ1) is 11.4. The molecular weight excluding hydrogens is 174 g/mol. The van der Waals surface area contributed by atoms with Crippen LogP contribution in [0.1, 0.15) is 34.1 Å². The summed E-state index contributed by atoms with van der Waals surface area (Å²) in [7, 11) is 0. The minimum atomic E-state index is -0.288. The van der Waals surface area contributed by atoms with Gasteiger partial charge >= 0.3 is 0 Å². The molecule has 1 fully saturated rings. The molecule has 2 atom stereocenters. The van der Waals surface area contributed by atoms with Gasteiger partial charge in [0.25, 0.3) is 0 Å². The second-order valence-electron chi connectivity index (χ2n) is 4.84. The van der Waals surface area contributed by atoms with Gasteiger partial charge in [-0.1, -0.05) is 19.9 Å². The quantitative estimate of drug-likeness (QED) is 0.681. The smallest absolute Gasteiger partial charge is 0.156 e. The van der Waals surface area contributed by atoms with Crippen molar-refractivity contribution >= 4 is 5.78 Å². The Kier molecular flexibility index (Phi) is 3.15. The van der Waals surface area contributed by atoms with Crippen LogP contribution in [0.2, 0.25) is 0 Å². The summed E-state index contributed by atoms with van der Waals surface area (Å²) >= 11 is 0. The average Bonchev–Trinajstić information content (AvgIpc) is 2.77. The number of ketones is 1. The van der Waals surface area contributed by atoms with Crippen LogP contribution in [0.3, 0.4) is 0 Å². The molecule has 0 aliphatic heterocycles. The standard InChI is InChI=1S/C12H21NO/c1-6-10-7-12(10,13-9(4)5)11(14)8(2)3/h6,8-10,13H,1,7H2,2-5H3/t10-,12-/m1/s1. The number of carbonyl (C=O) groups excluding carboxylic acids is 1. The molecule has 1 aliphatic carbocycles. The predicted octanol–water partition coefficient (Wildman–Crippen LogP) is 2.15. The van der Waals surface area contributed by atoms with Gasteiger partial charge in [0, 0.05) is 17.9 Å². The van der Waals surface area contributed by atoms with Gasteiger partial charge in [-0.15, -0.1) is 6.58 Å². The fraction of sp³-hybridized carbons (Fsp3) is 0.750. The second kappa shape index (κ2) is 3.85. The lowest BCUT2D eigenvalue weighted by Crippen LogP contribution is -2.46. The van der Waals surface area contributed by atoms with Crippen molar-refractivity contribution in [2.24, 2.45) is 11.8 Å². The maximum Gasteiger partial charge on any atom is 0.156 e. The highest BCUT2D eigenvalue weighted by Crippen LogP contribution is 2.46. The van der Waals surface area contributed by atoms with E-state index in [-0.39, 0.29) is 11.5 Å². The lowest BCUT2D eigenvalue weighted by Gasteiger charge is -2.22. The zero-order chi connectivity index (χ0) is 10.9. The summed E-state index contributed by atoms with van der Waals surface area (Å²) in [6.45, 7) is 11.9. The maximum absolute atomic E-state index is 12.0. The molecule has 80 valence electrons. The van der Waals surface area contributed by atoms with Crippen LogP contribution < -0.4 is 5.32 Å². The summed E-state index contributed by atoms with van der Waals surface area (Å²) in [5, 5.41) is 3.39. The van der Waals surface area contributed by atoms with Crippen molar-refractivity contribution in [2.45, 2.75) is 45.7 Å². The van der Waals surface area contributed by atoms with Crippen LogP contribution in [-0.2, 0) is 4.79 Å². The molecule has 14 heavy (non-hydrogen) atoms. The molecule has 0 bridgehead atoms. The van der Waals surface area contributed by atoms with Crippen molar-refractivity contribution in [3.05, 3.63) is 12.7 Å². The van der Waals surface area contributed by atoms with E-state index in [9.17, 15) is 4.79 Å². The van der Waals surface area contributed by atoms with E-state index >= 15 is 0 Å². The number of hydrogen-bond acceptors (Lipinski definition) is 2. The summed E-state index contributed by atoms with van der Waals surface area (Å²) in [6, 6.07) is 0.350. The first-order chi connectivity index (χ1) is 6.44. The third kappa shape index (κ3) is 1.90. The molecule has 2 heteroatoms. The molecule has 0 radical (unpaired) electrons. The van der Waals surface area contributed by atoms with Gasteiger partial charge in [-0.05, 0) is 20.3 Å². The van der Waals surface area contributed by atoms with Gasteiger partial charge in [0.2, 0.25) is 0 Å². The summed E-state index contributed by atoms with van der Waals surface area (Å²) in [4.78, 5) is 12.0. The lowest BCUT2D eigenvalue weighted by atomic mass is 9.97. The number of rotatable bonds is 5. The van der Waals surface area contributed by atoms with Crippen molar-refractivity contribution in [1.29, 1.82) is 0 Å². The first-order valence-corrected chi connectivity index (χ1v) is 5.38. The topological polar surface area (TPSA) is 29.1 Å². The van der Waals surface area contributed by atoms with Crippen LogP contribution in [0.5, 0.6) is 0 Å². The largest absolute Gasteiger partial charge is 0.302 e. The average molecular weight is 195 g/mol. The van der Waals surface area contributed by atoms with Crippen LogP contribution in [0.25, 0.3) is 0 Å². The van der Waals surface area contributed by atoms with E-state index in [1.54, 1.807) is 0 Å². The van der Waals surface area contributed by atoms with E-state index in [4.69, 9.17) is 0 Å². The summed E-state index contributed by atoms with van der Waals surface area (Å²) in [5.74, 6) is 0.766. The van der Waals surface area contributed by atoms with Crippen molar-refractivity contribution < 1.29 is 4.79 Å². The van der Waals surface area contributed by atoms with E-state index in [1.807, 2.05) is 19.9 Å². The monoisotopic (exact) mass is 195 g/mol. The van der Waals surface area contributed by atoms with Crippen LogP contribution in [0, 0.1) is 11.8 Å². The molecule has 1 rings (SSSR count). The molecule has 0 heterocycles. The molecule has 1 aliphatic rings.